The van der Waals surface area contributed by atoms with Gasteiger partial charge in [0, 0.05) is 23.1 Å². The topological polar surface area (TPSA) is 91.8 Å². The Bertz CT molecular complexity index is 1360. The minimum absolute atomic E-state index is 0.0522. The Morgan fingerprint density at radius 3 is 2.58 bits per heavy atom. The van der Waals surface area contributed by atoms with Crippen molar-refractivity contribution in [1.82, 2.24) is 10.3 Å². The molecule has 1 aromatic heterocycles. The fourth-order valence-corrected chi connectivity index (χ4v) is 4.41. The number of aliphatic carboxylic acids is 1. The first-order chi connectivity index (χ1) is 17.4. The van der Waals surface area contributed by atoms with E-state index in [0.717, 1.165) is 22.6 Å². The van der Waals surface area contributed by atoms with E-state index in [2.05, 4.69) is 5.32 Å². The number of rotatable bonds is 10. The molecule has 1 heterocycles. The van der Waals surface area contributed by atoms with E-state index >= 15 is 0 Å². The molecule has 0 aliphatic carbocycles. The number of carboxylic acids is 1. The molecule has 0 aliphatic heterocycles. The molecular weight excluding hydrogens is 481 g/mol. The standard InChI is InChI=1S/C27H24FN3O4S/c1-35-21-6-4-5-20(15-21)23-17-36-27(30-23)31(24-8-3-2-7-22(24)28)16-18-9-11-19(12-10-18)26(34)29-14-13-25(32)33/h2-12,15,17H,13-14,16H2,1H3,(H,29,34)(H,32,33). The molecule has 4 aromatic rings. The van der Waals surface area contributed by atoms with E-state index in [4.69, 9.17) is 14.8 Å². The van der Waals surface area contributed by atoms with Gasteiger partial charge < -0.3 is 20.1 Å². The number of nitrogens with zero attached hydrogens (tertiary/aromatic N) is 2. The van der Waals surface area contributed by atoms with Crippen molar-refractivity contribution in [2.75, 3.05) is 18.6 Å². The van der Waals surface area contributed by atoms with Gasteiger partial charge in [0.15, 0.2) is 5.13 Å². The third-order valence-electron chi connectivity index (χ3n) is 5.41. The van der Waals surface area contributed by atoms with Crippen LogP contribution in [0.2, 0.25) is 0 Å². The average molecular weight is 506 g/mol. The number of hydrogen-bond donors (Lipinski definition) is 2. The summed E-state index contributed by atoms with van der Waals surface area (Å²) in [4.78, 5) is 29.5. The number of carbonyl (C=O) groups excluding carboxylic acids is 1. The third-order valence-corrected chi connectivity index (χ3v) is 6.28. The van der Waals surface area contributed by atoms with Gasteiger partial charge in [-0.1, -0.05) is 36.4 Å². The highest BCUT2D eigenvalue weighted by Gasteiger charge is 2.18. The molecule has 184 valence electrons. The van der Waals surface area contributed by atoms with E-state index in [-0.39, 0.29) is 24.7 Å². The second kappa shape index (κ2) is 11.5. The van der Waals surface area contributed by atoms with Crippen molar-refractivity contribution in [1.29, 1.82) is 0 Å². The number of thiazole rings is 1. The van der Waals surface area contributed by atoms with E-state index in [9.17, 15) is 14.0 Å². The lowest BCUT2D eigenvalue weighted by Crippen LogP contribution is -2.26. The first-order valence-corrected chi connectivity index (χ1v) is 12.0. The number of anilines is 2. The van der Waals surface area contributed by atoms with Crippen molar-refractivity contribution < 1.29 is 23.8 Å². The van der Waals surface area contributed by atoms with Crippen molar-refractivity contribution in [3.63, 3.8) is 0 Å². The van der Waals surface area contributed by atoms with Gasteiger partial charge in [-0.3, -0.25) is 9.59 Å². The number of nitrogens with one attached hydrogen (secondary N) is 1. The summed E-state index contributed by atoms with van der Waals surface area (Å²) < 4.78 is 20.1. The molecule has 0 bridgehead atoms. The molecule has 0 radical (unpaired) electrons. The maximum atomic E-state index is 14.8. The number of hydrogen-bond acceptors (Lipinski definition) is 6. The molecule has 0 unspecified atom stereocenters. The highest BCUT2D eigenvalue weighted by atomic mass is 32.1. The van der Waals surface area contributed by atoms with E-state index < -0.39 is 5.97 Å². The van der Waals surface area contributed by atoms with Crippen LogP contribution in [0, 0.1) is 5.82 Å². The number of methoxy groups -OCH3 is 1. The number of aromatic nitrogens is 1. The molecular formula is C27H24FN3O4S. The lowest BCUT2D eigenvalue weighted by atomic mass is 10.1. The zero-order chi connectivity index (χ0) is 25.5. The van der Waals surface area contributed by atoms with Crippen LogP contribution in [0.25, 0.3) is 11.3 Å². The van der Waals surface area contributed by atoms with Crippen LogP contribution in [0.4, 0.5) is 15.2 Å². The predicted molar refractivity (Wildman–Crippen MR) is 137 cm³/mol. The molecule has 0 atom stereocenters. The van der Waals surface area contributed by atoms with Crippen molar-refractivity contribution in [2.45, 2.75) is 13.0 Å². The first-order valence-electron chi connectivity index (χ1n) is 11.2. The van der Waals surface area contributed by atoms with Crippen molar-refractivity contribution in [2.24, 2.45) is 0 Å². The van der Waals surface area contributed by atoms with Gasteiger partial charge in [-0.15, -0.1) is 11.3 Å². The highest BCUT2D eigenvalue weighted by molar-refractivity contribution is 7.14. The summed E-state index contributed by atoms with van der Waals surface area (Å²) in [5.74, 6) is -0.975. The SMILES string of the molecule is COc1cccc(-c2csc(N(Cc3ccc(C(=O)NCCC(=O)O)cc3)c3ccccc3F)n2)c1. The number of carbonyl (C=O) groups is 2. The van der Waals surface area contributed by atoms with Crippen LogP contribution in [0.1, 0.15) is 22.3 Å². The highest BCUT2D eigenvalue weighted by Crippen LogP contribution is 2.35. The van der Waals surface area contributed by atoms with Crippen molar-refractivity contribution in [3.8, 4) is 17.0 Å². The Morgan fingerprint density at radius 1 is 1.08 bits per heavy atom. The zero-order valence-corrected chi connectivity index (χ0v) is 20.3. The molecule has 0 fully saturated rings. The van der Waals surface area contributed by atoms with E-state index in [1.54, 1.807) is 54.5 Å². The summed E-state index contributed by atoms with van der Waals surface area (Å²) in [7, 11) is 1.61. The van der Waals surface area contributed by atoms with Gasteiger partial charge in [-0.25, -0.2) is 9.37 Å². The van der Waals surface area contributed by atoms with E-state index in [1.807, 2.05) is 29.6 Å². The Morgan fingerprint density at radius 2 is 1.86 bits per heavy atom. The summed E-state index contributed by atoms with van der Waals surface area (Å²) >= 11 is 1.40. The van der Waals surface area contributed by atoms with E-state index in [1.165, 1.54) is 17.4 Å². The van der Waals surface area contributed by atoms with Gasteiger partial charge in [0.2, 0.25) is 0 Å². The normalized spacial score (nSPS) is 10.6. The molecule has 9 heteroatoms. The van der Waals surface area contributed by atoms with Crippen LogP contribution in [-0.2, 0) is 11.3 Å². The molecule has 36 heavy (non-hydrogen) atoms. The second-order valence-corrected chi connectivity index (χ2v) is 8.72. The van der Waals surface area contributed by atoms with Crippen LogP contribution >= 0.6 is 11.3 Å². The Kier molecular flexibility index (Phi) is 7.92. The molecule has 2 N–H and O–H groups in total. The number of para-hydroxylation sites is 1. The summed E-state index contributed by atoms with van der Waals surface area (Å²) in [6.45, 7) is 0.379. The Labute approximate surface area is 211 Å². The monoisotopic (exact) mass is 505 g/mol. The quantitative estimate of drug-likeness (QED) is 0.296. The molecule has 1 amide bonds. The molecule has 0 spiro atoms. The fraction of sp³-hybridized carbons (Fsp3) is 0.148. The minimum Gasteiger partial charge on any atom is -0.497 e. The molecule has 0 aliphatic rings. The largest absolute Gasteiger partial charge is 0.497 e. The van der Waals surface area contributed by atoms with Crippen LogP contribution in [0.5, 0.6) is 5.75 Å². The summed E-state index contributed by atoms with van der Waals surface area (Å²) in [5, 5.41) is 13.8. The lowest BCUT2D eigenvalue weighted by molar-refractivity contribution is -0.136. The smallest absolute Gasteiger partial charge is 0.305 e. The molecule has 0 saturated carbocycles. The number of ether oxygens (including phenoxy) is 1. The maximum absolute atomic E-state index is 14.8. The number of benzene rings is 3. The van der Waals surface area contributed by atoms with Gasteiger partial charge in [-0.2, -0.15) is 0 Å². The fourth-order valence-electron chi connectivity index (χ4n) is 3.56. The van der Waals surface area contributed by atoms with Gasteiger partial charge in [0.1, 0.15) is 11.6 Å². The average Bonchev–Trinajstić information content (AvgIpc) is 3.38. The van der Waals surface area contributed by atoms with Gasteiger partial charge in [0.05, 0.1) is 31.5 Å². The molecule has 7 nitrogen and oxygen atoms in total. The lowest BCUT2D eigenvalue weighted by Gasteiger charge is -2.23. The van der Waals surface area contributed by atoms with Crippen LogP contribution < -0.4 is 15.0 Å². The second-order valence-electron chi connectivity index (χ2n) is 7.88. The predicted octanol–water partition coefficient (Wildman–Crippen LogP) is 5.50. The Hall–Kier alpha value is -4.24. The summed E-state index contributed by atoms with van der Waals surface area (Å²) in [6.07, 6.45) is -0.146. The summed E-state index contributed by atoms with van der Waals surface area (Å²) in [6, 6.07) is 21.0. The number of halogens is 1. The number of amides is 1. The first kappa shape index (κ1) is 24.9. The van der Waals surface area contributed by atoms with Gasteiger partial charge >= 0.3 is 5.97 Å². The summed E-state index contributed by atoms with van der Waals surface area (Å²) in [5.41, 5.74) is 3.29. The van der Waals surface area contributed by atoms with Crippen LogP contribution in [0.3, 0.4) is 0 Å². The third kappa shape index (κ3) is 6.05. The maximum Gasteiger partial charge on any atom is 0.305 e. The molecule has 4 rings (SSSR count). The van der Waals surface area contributed by atoms with Crippen molar-refractivity contribution in [3.05, 3.63) is 95.1 Å². The molecule has 0 saturated heterocycles. The Balaban J connectivity index is 1.58. The van der Waals surface area contributed by atoms with E-state index in [0.29, 0.717) is 22.9 Å². The zero-order valence-electron chi connectivity index (χ0n) is 19.5. The molecule has 3 aromatic carbocycles. The van der Waals surface area contributed by atoms with Gasteiger partial charge in [0.25, 0.3) is 5.91 Å². The van der Waals surface area contributed by atoms with Crippen molar-refractivity contribution >= 4 is 34.0 Å². The van der Waals surface area contributed by atoms with Crippen LogP contribution in [-0.4, -0.2) is 35.6 Å². The number of carboxylic acid groups (broad SMARTS) is 1. The minimum atomic E-state index is -0.976. The van der Waals surface area contributed by atoms with Crippen LogP contribution in [0.15, 0.2) is 78.2 Å². The van der Waals surface area contributed by atoms with Gasteiger partial charge in [-0.05, 0) is 42.0 Å².